The second-order valence-corrected chi connectivity index (χ2v) is 4.67. The molecule has 0 aliphatic heterocycles. The molecule has 2 aromatic heterocycles. The maximum atomic E-state index is 10.7. The van der Waals surface area contributed by atoms with Crippen LogP contribution in [-0.2, 0) is 22.7 Å². The summed E-state index contributed by atoms with van der Waals surface area (Å²) in [6, 6.07) is 1.85. The summed E-state index contributed by atoms with van der Waals surface area (Å²) in [6.45, 7) is 0.659. The molecule has 0 saturated heterocycles. The highest BCUT2D eigenvalue weighted by Gasteiger charge is 2.13. The normalized spacial score (nSPS) is 11.0. The van der Waals surface area contributed by atoms with Gasteiger partial charge in [0, 0.05) is 24.3 Å². The van der Waals surface area contributed by atoms with Crippen LogP contribution < -0.4 is 0 Å². The number of aryl methyl sites for hydroxylation is 1. The number of hydrogen-bond acceptors (Lipinski definition) is 4. The number of pyridine rings is 1. The molecule has 2 aromatic rings. The summed E-state index contributed by atoms with van der Waals surface area (Å²) in [5, 5.41) is 8.76. The van der Waals surface area contributed by atoms with Crippen LogP contribution in [0.4, 0.5) is 0 Å². The first-order chi connectivity index (χ1) is 8.61. The molecular formula is C11H12BrN3O3. The first-order valence-corrected chi connectivity index (χ1v) is 6.12. The average Bonchev–Trinajstić information content (AvgIpc) is 2.63. The lowest BCUT2D eigenvalue weighted by Crippen LogP contribution is -2.09. The number of hydrogen-bond donors (Lipinski definition) is 1. The number of methoxy groups -OCH3 is 1. The maximum Gasteiger partial charge on any atom is 0.305 e. The first kappa shape index (κ1) is 13.0. The lowest BCUT2D eigenvalue weighted by molar-refractivity contribution is -0.137. The smallest absolute Gasteiger partial charge is 0.305 e. The van der Waals surface area contributed by atoms with E-state index in [0.29, 0.717) is 24.6 Å². The quantitative estimate of drug-likeness (QED) is 0.911. The molecule has 6 nitrogen and oxygen atoms in total. The summed E-state index contributed by atoms with van der Waals surface area (Å²) in [5.74, 6) is -0.170. The van der Waals surface area contributed by atoms with Crippen LogP contribution in [-0.4, -0.2) is 32.7 Å². The molecule has 2 rings (SSSR count). The highest BCUT2D eigenvalue weighted by Crippen LogP contribution is 2.19. The third-order valence-corrected chi connectivity index (χ3v) is 2.89. The first-order valence-electron chi connectivity index (χ1n) is 5.33. The van der Waals surface area contributed by atoms with Gasteiger partial charge in [0.1, 0.15) is 17.9 Å². The van der Waals surface area contributed by atoms with Gasteiger partial charge in [0.2, 0.25) is 0 Å². The largest absolute Gasteiger partial charge is 0.481 e. The Balaban J connectivity index is 2.44. The van der Waals surface area contributed by atoms with E-state index in [1.165, 1.54) is 0 Å². The van der Waals surface area contributed by atoms with Gasteiger partial charge in [-0.15, -0.1) is 0 Å². The van der Waals surface area contributed by atoms with Gasteiger partial charge in [0.15, 0.2) is 5.65 Å². The van der Waals surface area contributed by atoms with Crippen LogP contribution in [0.3, 0.4) is 0 Å². The average molecular weight is 314 g/mol. The summed E-state index contributed by atoms with van der Waals surface area (Å²) in [4.78, 5) is 19.3. The van der Waals surface area contributed by atoms with Crippen molar-refractivity contribution in [3.8, 4) is 0 Å². The number of aromatic nitrogens is 3. The van der Waals surface area contributed by atoms with Gasteiger partial charge in [0.05, 0.1) is 6.42 Å². The zero-order chi connectivity index (χ0) is 13.1. The molecule has 0 atom stereocenters. The molecule has 0 saturated carbocycles. The number of carbonyl (C=O) groups is 1. The Bertz CT molecular complexity index is 582. The fourth-order valence-electron chi connectivity index (χ4n) is 1.71. The third-order valence-electron chi connectivity index (χ3n) is 2.45. The number of carboxylic acid groups (broad SMARTS) is 1. The van der Waals surface area contributed by atoms with E-state index in [1.807, 2.05) is 6.07 Å². The van der Waals surface area contributed by atoms with Crippen molar-refractivity contribution >= 4 is 33.1 Å². The highest BCUT2D eigenvalue weighted by atomic mass is 79.9. The van der Waals surface area contributed by atoms with Gasteiger partial charge in [0.25, 0.3) is 0 Å². The van der Waals surface area contributed by atoms with Crippen LogP contribution in [0.5, 0.6) is 0 Å². The van der Waals surface area contributed by atoms with Gasteiger partial charge in [-0.2, -0.15) is 0 Å². The van der Waals surface area contributed by atoms with Gasteiger partial charge in [-0.25, -0.2) is 9.97 Å². The number of aliphatic carboxylic acids is 1. The molecule has 18 heavy (non-hydrogen) atoms. The van der Waals surface area contributed by atoms with Crippen LogP contribution in [0.15, 0.2) is 16.7 Å². The summed E-state index contributed by atoms with van der Waals surface area (Å²) in [5.41, 5.74) is 1.40. The number of fused-ring (bicyclic) bond motifs is 1. The molecule has 96 valence electrons. The van der Waals surface area contributed by atoms with E-state index in [1.54, 1.807) is 17.9 Å². The van der Waals surface area contributed by atoms with Crippen molar-refractivity contribution in [1.29, 1.82) is 0 Å². The number of halogens is 1. The summed E-state index contributed by atoms with van der Waals surface area (Å²) >= 11 is 3.33. The molecule has 0 amide bonds. The summed E-state index contributed by atoms with van der Waals surface area (Å²) in [7, 11) is 1.57. The molecule has 0 radical (unpaired) electrons. The highest BCUT2D eigenvalue weighted by molar-refractivity contribution is 9.10. The van der Waals surface area contributed by atoms with Crippen LogP contribution in [0, 0.1) is 0 Å². The van der Waals surface area contributed by atoms with E-state index >= 15 is 0 Å². The van der Waals surface area contributed by atoms with Gasteiger partial charge in [-0.05, 0) is 22.0 Å². The van der Waals surface area contributed by atoms with Crippen LogP contribution in [0.1, 0.15) is 12.2 Å². The lowest BCUT2D eigenvalue weighted by Gasteiger charge is -2.05. The van der Waals surface area contributed by atoms with E-state index in [4.69, 9.17) is 9.84 Å². The lowest BCUT2D eigenvalue weighted by atomic mass is 10.4. The Kier molecular flexibility index (Phi) is 3.93. The fourth-order valence-corrected chi connectivity index (χ4v) is 2.03. The molecule has 0 aliphatic rings. The molecular weight excluding hydrogens is 302 g/mol. The number of nitrogens with zero attached hydrogens (tertiary/aromatic N) is 3. The molecule has 0 unspecified atom stereocenters. The van der Waals surface area contributed by atoms with Crippen LogP contribution in [0.25, 0.3) is 11.2 Å². The van der Waals surface area contributed by atoms with E-state index in [9.17, 15) is 4.79 Å². The zero-order valence-electron chi connectivity index (χ0n) is 9.76. The predicted molar refractivity (Wildman–Crippen MR) is 68.2 cm³/mol. The standard InChI is InChI=1S/C11H12BrN3O3/c1-18-6-9-14-8-4-7(12)5-13-11(8)15(9)3-2-10(16)17/h4-5H,2-3,6H2,1H3,(H,16,17). The minimum atomic E-state index is -0.850. The van der Waals surface area contributed by atoms with Gasteiger partial charge in [-0.1, -0.05) is 0 Å². The minimum Gasteiger partial charge on any atom is -0.481 e. The fraction of sp³-hybridized carbons (Fsp3) is 0.364. The molecule has 2 heterocycles. The maximum absolute atomic E-state index is 10.7. The zero-order valence-corrected chi connectivity index (χ0v) is 11.3. The molecule has 0 spiro atoms. The summed E-state index contributed by atoms with van der Waals surface area (Å²) < 4.78 is 7.68. The van der Waals surface area contributed by atoms with Gasteiger partial charge < -0.3 is 14.4 Å². The number of rotatable bonds is 5. The van der Waals surface area contributed by atoms with E-state index in [-0.39, 0.29) is 6.42 Å². The van der Waals surface area contributed by atoms with E-state index < -0.39 is 5.97 Å². The predicted octanol–water partition coefficient (Wildman–Crippen LogP) is 1.81. The van der Waals surface area contributed by atoms with Gasteiger partial charge >= 0.3 is 5.97 Å². The number of carboxylic acids is 1. The summed E-state index contributed by atoms with van der Waals surface area (Å²) in [6.07, 6.45) is 1.69. The Morgan fingerprint density at radius 1 is 1.61 bits per heavy atom. The Hall–Kier alpha value is -1.47. The molecule has 0 fully saturated rings. The SMILES string of the molecule is COCc1nc2cc(Br)cnc2n1CCC(=O)O. The molecule has 0 aromatic carbocycles. The monoisotopic (exact) mass is 313 g/mol. The van der Waals surface area contributed by atoms with Crippen molar-refractivity contribution in [2.45, 2.75) is 19.6 Å². The van der Waals surface area contributed by atoms with Crippen molar-refractivity contribution < 1.29 is 14.6 Å². The van der Waals surface area contributed by atoms with Crippen molar-refractivity contribution in [3.63, 3.8) is 0 Å². The minimum absolute atomic E-state index is 0.0277. The molecule has 0 aliphatic carbocycles. The van der Waals surface area contributed by atoms with Gasteiger partial charge in [-0.3, -0.25) is 4.79 Å². The van der Waals surface area contributed by atoms with Crippen LogP contribution in [0.2, 0.25) is 0 Å². The third kappa shape index (κ3) is 2.68. The second kappa shape index (κ2) is 5.45. The van der Waals surface area contributed by atoms with Crippen LogP contribution >= 0.6 is 15.9 Å². The Labute approximate surface area is 112 Å². The number of ether oxygens (including phenoxy) is 1. The topological polar surface area (TPSA) is 77.2 Å². The number of imidazole rings is 1. The second-order valence-electron chi connectivity index (χ2n) is 3.75. The van der Waals surface area contributed by atoms with E-state index in [2.05, 4.69) is 25.9 Å². The molecule has 0 bridgehead atoms. The van der Waals surface area contributed by atoms with Crippen molar-refractivity contribution in [3.05, 3.63) is 22.6 Å². The van der Waals surface area contributed by atoms with Crippen molar-refractivity contribution in [1.82, 2.24) is 14.5 Å². The molecule has 1 N–H and O–H groups in total. The van der Waals surface area contributed by atoms with Crippen molar-refractivity contribution in [2.24, 2.45) is 0 Å². The Morgan fingerprint density at radius 3 is 3.06 bits per heavy atom. The Morgan fingerprint density at radius 2 is 2.39 bits per heavy atom. The molecule has 7 heteroatoms. The van der Waals surface area contributed by atoms with Crippen molar-refractivity contribution in [2.75, 3.05) is 7.11 Å². The van der Waals surface area contributed by atoms with E-state index in [0.717, 1.165) is 9.99 Å².